The van der Waals surface area contributed by atoms with Gasteiger partial charge in [-0.15, -0.1) is 0 Å². The summed E-state index contributed by atoms with van der Waals surface area (Å²) >= 11 is 0. The number of nitrogens with two attached hydrogens (primary N) is 1. The first kappa shape index (κ1) is 11.0. The van der Waals surface area contributed by atoms with Crippen LogP contribution in [0.15, 0.2) is 24.3 Å². The van der Waals surface area contributed by atoms with Gasteiger partial charge < -0.3 is 5.73 Å². The first-order chi connectivity index (χ1) is 8.68. The van der Waals surface area contributed by atoms with E-state index < -0.39 is 0 Å². The Hall–Kier alpha value is -0.890. The molecule has 3 aliphatic carbocycles. The normalized spacial score (nSPS) is 45.4. The van der Waals surface area contributed by atoms with E-state index in [1.165, 1.54) is 25.7 Å². The third kappa shape index (κ3) is 1.30. The molecule has 1 aromatic rings. The monoisotopic (exact) mass is 245 g/mol. The summed E-state index contributed by atoms with van der Waals surface area (Å²) in [6.07, 6.45) is 6.60. The smallest absolute Gasteiger partial charge is 0.123 e. The molecule has 0 saturated heterocycles. The Bertz CT molecular complexity index is 468. The van der Waals surface area contributed by atoms with Crippen LogP contribution in [-0.4, -0.2) is 0 Å². The fraction of sp³-hybridized carbons (Fsp3) is 0.625. The number of hydrogen-bond donors (Lipinski definition) is 1. The quantitative estimate of drug-likeness (QED) is 0.806. The maximum Gasteiger partial charge on any atom is 0.123 e. The molecule has 3 fully saturated rings. The molecule has 18 heavy (non-hydrogen) atoms. The van der Waals surface area contributed by atoms with Crippen molar-refractivity contribution in [2.24, 2.45) is 29.4 Å². The molecule has 5 unspecified atom stereocenters. The number of hydrogen-bond acceptors (Lipinski definition) is 1. The van der Waals surface area contributed by atoms with Gasteiger partial charge in [0.15, 0.2) is 0 Å². The molecular formula is C16H20FN. The molecule has 96 valence electrons. The second-order valence-electron chi connectivity index (χ2n) is 6.61. The van der Waals surface area contributed by atoms with E-state index in [4.69, 9.17) is 5.73 Å². The van der Waals surface area contributed by atoms with Crippen LogP contribution in [0.4, 0.5) is 4.39 Å². The maximum atomic E-state index is 13.1. The molecule has 0 aliphatic heterocycles. The molecule has 2 N–H and O–H groups in total. The summed E-state index contributed by atoms with van der Waals surface area (Å²) in [4.78, 5) is 0. The third-order valence-corrected chi connectivity index (χ3v) is 5.95. The van der Waals surface area contributed by atoms with Gasteiger partial charge in [-0.25, -0.2) is 4.39 Å². The second kappa shape index (κ2) is 3.57. The molecule has 2 heteroatoms. The zero-order valence-electron chi connectivity index (χ0n) is 10.6. The maximum absolute atomic E-state index is 13.1. The zero-order valence-corrected chi connectivity index (χ0v) is 10.6. The highest BCUT2D eigenvalue weighted by Crippen LogP contribution is 2.64. The Kier molecular flexibility index (Phi) is 2.18. The first-order valence-corrected chi connectivity index (χ1v) is 7.23. The SMILES string of the molecule is NC1(c2ccc(F)cc2)CC2CC1C1CCCC21. The molecule has 3 aliphatic rings. The van der Waals surface area contributed by atoms with Gasteiger partial charge in [0, 0.05) is 5.54 Å². The van der Waals surface area contributed by atoms with Crippen LogP contribution in [0.25, 0.3) is 0 Å². The van der Waals surface area contributed by atoms with Gasteiger partial charge in [-0.3, -0.25) is 0 Å². The summed E-state index contributed by atoms with van der Waals surface area (Å²) in [6, 6.07) is 6.92. The average molecular weight is 245 g/mol. The summed E-state index contributed by atoms with van der Waals surface area (Å²) in [7, 11) is 0. The molecular weight excluding hydrogens is 225 g/mol. The molecule has 4 rings (SSSR count). The van der Waals surface area contributed by atoms with E-state index in [2.05, 4.69) is 0 Å². The predicted molar refractivity (Wildman–Crippen MR) is 69.3 cm³/mol. The van der Waals surface area contributed by atoms with Crippen molar-refractivity contribution in [3.8, 4) is 0 Å². The van der Waals surface area contributed by atoms with Gasteiger partial charge in [-0.1, -0.05) is 18.6 Å². The highest BCUT2D eigenvalue weighted by atomic mass is 19.1. The second-order valence-corrected chi connectivity index (χ2v) is 6.61. The standard InChI is InChI=1S/C16H20FN/c17-12-6-4-11(5-7-12)16(18)9-10-8-15(16)14-3-1-2-13(10)14/h4-7,10,13-15H,1-3,8-9,18H2. The van der Waals surface area contributed by atoms with E-state index in [1.54, 1.807) is 12.1 Å². The molecule has 0 aromatic heterocycles. The van der Waals surface area contributed by atoms with Crippen molar-refractivity contribution >= 4 is 0 Å². The highest BCUT2D eigenvalue weighted by Gasteiger charge is 2.59. The minimum atomic E-state index is -0.177. The van der Waals surface area contributed by atoms with Crippen molar-refractivity contribution in [1.29, 1.82) is 0 Å². The van der Waals surface area contributed by atoms with E-state index in [0.717, 1.165) is 29.7 Å². The van der Waals surface area contributed by atoms with Crippen LogP contribution in [0.1, 0.15) is 37.7 Å². The predicted octanol–water partition coefficient (Wildman–Crippen LogP) is 3.44. The van der Waals surface area contributed by atoms with E-state index in [0.29, 0.717) is 5.92 Å². The van der Waals surface area contributed by atoms with Crippen molar-refractivity contribution in [1.82, 2.24) is 0 Å². The molecule has 0 radical (unpaired) electrons. The number of halogens is 1. The van der Waals surface area contributed by atoms with Crippen molar-refractivity contribution in [2.45, 2.75) is 37.6 Å². The van der Waals surface area contributed by atoms with Crippen LogP contribution in [0.5, 0.6) is 0 Å². The lowest BCUT2D eigenvalue weighted by Crippen LogP contribution is -2.46. The average Bonchev–Trinajstić information content (AvgIpc) is 3.00. The minimum absolute atomic E-state index is 0.163. The van der Waals surface area contributed by atoms with Gasteiger partial charge >= 0.3 is 0 Å². The first-order valence-electron chi connectivity index (χ1n) is 7.23. The molecule has 3 saturated carbocycles. The lowest BCUT2D eigenvalue weighted by Gasteiger charge is -2.40. The summed E-state index contributed by atoms with van der Waals surface area (Å²) in [5.41, 5.74) is 7.73. The molecule has 0 heterocycles. The molecule has 0 spiro atoms. The van der Waals surface area contributed by atoms with Crippen LogP contribution in [0.2, 0.25) is 0 Å². The summed E-state index contributed by atoms with van der Waals surface area (Å²) < 4.78 is 13.1. The molecule has 1 aromatic carbocycles. The largest absolute Gasteiger partial charge is 0.321 e. The van der Waals surface area contributed by atoms with Gasteiger partial charge in [-0.2, -0.15) is 0 Å². The third-order valence-electron chi connectivity index (χ3n) is 5.95. The van der Waals surface area contributed by atoms with Crippen LogP contribution >= 0.6 is 0 Å². The Morgan fingerprint density at radius 1 is 1.11 bits per heavy atom. The van der Waals surface area contributed by atoms with Gasteiger partial charge in [0.2, 0.25) is 0 Å². The van der Waals surface area contributed by atoms with Crippen LogP contribution in [-0.2, 0) is 5.54 Å². The fourth-order valence-corrected chi connectivity index (χ4v) is 5.28. The van der Waals surface area contributed by atoms with E-state index in [1.807, 2.05) is 12.1 Å². The topological polar surface area (TPSA) is 26.0 Å². The van der Waals surface area contributed by atoms with E-state index >= 15 is 0 Å². The highest BCUT2D eigenvalue weighted by molar-refractivity contribution is 5.30. The lowest BCUT2D eigenvalue weighted by atomic mass is 9.68. The summed E-state index contributed by atoms with van der Waals surface area (Å²) in [5, 5.41) is 0. The van der Waals surface area contributed by atoms with Crippen molar-refractivity contribution in [3.63, 3.8) is 0 Å². The number of fused-ring (bicyclic) bond motifs is 5. The minimum Gasteiger partial charge on any atom is -0.321 e. The van der Waals surface area contributed by atoms with E-state index in [-0.39, 0.29) is 11.4 Å². The van der Waals surface area contributed by atoms with Crippen LogP contribution in [0, 0.1) is 29.5 Å². The van der Waals surface area contributed by atoms with Gasteiger partial charge in [0.05, 0.1) is 0 Å². The summed E-state index contributed by atoms with van der Waals surface area (Å²) in [6.45, 7) is 0. The van der Waals surface area contributed by atoms with Crippen molar-refractivity contribution in [3.05, 3.63) is 35.6 Å². The molecule has 2 bridgehead atoms. The van der Waals surface area contributed by atoms with E-state index in [9.17, 15) is 4.39 Å². The van der Waals surface area contributed by atoms with Crippen LogP contribution < -0.4 is 5.73 Å². The molecule has 0 amide bonds. The molecule has 1 nitrogen and oxygen atoms in total. The van der Waals surface area contributed by atoms with Gasteiger partial charge in [-0.05, 0) is 67.1 Å². The number of benzene rings is 1. The van der Waals surface area contributed by atoms with Crippen molar-refractivity contribution < 1.29 is 4.39 Å². The Morgan fingerprint density at radius 2 is 1.83 bits per heavy atom. The van der Waals surface area contributed by atoms with Gasteiger partial charge in [0.25, 0.3) is 0 Å². The lowest BCUT2D eigenvalue weighted by molar-refractivity contribution is 0.156. The summed E-state index contributed by atoms with van der Waals surface area (Å²) in [5.74, 6) is 3.10. The van der Waals surface area contributed by atoms with Gasteiger partial charge in [0.1, 0.15) is 5.82 Å². The van der Waals surface area contributed by atoms with Crippen molar-refractivity contribution in [2.75, 3.05) is 0 Å². The van der Waals surface area contributed by atoms with Crippen LogP contribution in [0.3, 0.4) is 0 Å². The Labute approximate surface area is 108 Å². The molecule has 5 atom stereocenters. The fourth-order valence-electron chi connectivity index (χ4n) is 5.28. The Morgan fingerprint density at radius 3 is 2.61 bits per heavy atom. The Balaban J connectivity index is 1.71. The zero-order chi connectivity index (χ0) is 12.3. The number of rotatable bonds is 1.